The molecule has 21 heavy (non-hydrogen) atoms. The van der Waals surface area contributed by atoms with Crippen molar-refractivity contribution in [3.63, 3.8) is 0 Å². The van der Waals surface area contributed by atoms with Gasteiger partial charge in [0.2, 0.25) is 0 Å². The first kappa shape index (κ1) is 17.6. The first-order valence-electron chi connectivity index (χ1n) is 6.99. The SMILES string of the molecule is C=CC(=O)Oc1ccccc1[Si](OCC)(OCC)OCC. The molecule has 1 rings (SSSR count). The fraction of sp³-hybridized carbons (Fsp3) is 0.400. The topological polar surface area (TPSA) is 54.0 Å². The van der Waals surface area contributed by atoms with Crippen LogP contribution >= 0.6 is 0 Å². The van der Waals surface area contributed by atoms with E-state index in [-0.39, 0.29) is 0 Å². The lowest BCUT2D eigenvalue weighted by Crippen LogP contribution is -2.57. The van der Waals surface area contributed by atoms with Gasteiger partial charge in [-0.05, 0) is 26.8 Å². The molecule has 0 atom stereocenters. The molecule has 6 heteroatoms. The Morgan fingerprint density at radius 3 is 2.10 bits per heavy atom. The maximum Gasteiger partial charge on any atom is 0.541 e. The number of hydrogen-bond acceptors (Lipinski definition) is 5. The highest BCUT2D eigenvalue weighted by Crippen LogP contribution is 2.18. The number of carbonyl (C=O) groups is 1. The second kappa shape index (κ2) is 8.73. The van der Waals surface area contributed by atoms with Crippen LogP contribution in [-0.2, 0) is 18.1 Å². The van der Waals surface area contributed by atoms with Crippen LogP contribution in [0.15, 0.2) is 36.9 Å². The maximum absolute atomic E-state index is 11.5. The Hall–Kier alpha value is -1.47. The molecule has 0 fully saturated rings. The van der Waals surface area contributed by atoms with Crippen molar-refractivity contribution in [2.24, 2.45) is 0 Å². The van der Waals surface area contributed by atoms with Crippen LogP contribution in [0.4, 0.5) is 0 Å². The van der Waals surface area contributed by atoms with Crippen LogP contribution in [-0.4, -0.2) is 34.6 Å². The van der Waals surface area contributed by atoms with E-state index in [0.29, 0.717) is 30.8 Å². The van der Waals surface area contributed by atoms with E-state index in [2.05, 4.69) is 6.58 Å². The molecular weight excluding hydrogens is 288 g/mol. The summed E-state index contributed by atoms with van der Waals surface area (Å²) in [6.45, 7) is 10.3. The molecule has 0 spiro atoms. The minimum Gasteiger partial charge on any atom is -0.423 e. The molecule has 1 aromatic carbocycles. The van der Waals surface area contributed by atoms with Crippen molar-refractivity contribution in [1.82, 2.24) is 0 Å². The van der Waals surface area contributed by atoms with E-state index in [0.717, 1.165) is 6.08 Å². The van der Waals surface area contributed by atoms with Crippen LogP contribution in [0.1, 0.15) is 20.8 Å². The molecule has 0 amide bonds. The summed E-state index contributed by atoms with van der Waals surface area (Å²) < 4.78 is 22.8. The molecule has 0 aliphatic heterocycles. The molecule has 116 valence electrons. The average Bonchev–Trinajstić information content (AvgIpc) is 2.48. The Morgan fingerprint density at radius 1 is 1.10 bits per heavy atom. The zero-order chi connectivity index (χ0) is 15.7. The lowest BCUT2D eigenvalue weighted by molar-refractivity contribution is -0.128. The first-order valence-corrected chi connectivity index (χ1v) is 8.71. The van der Waals surface area contributed by atoms with Gasteiger partial charge in [0.05, 0.1) is 5.19 Å². The van der Waals surface area contributed by atoms with Crippen molar-refractivity contribution in [2.75, 3.05) is 19.8 Å². The van der Waals surface area contributed by atoms with E-state index in [1.165, 1.54) is 0 Å². The standard InChI is InChI=1S/C15H22O5Si/c1-5-15(16)20-13-11-9-10-12-14(13)21(17-6-2,18-7-3)19-8-4/h5,9-12H,1,6-8H2,2-4H3. The van der Waals surface area contributed by atoms with Crippen molar-refractivity contribution >= 4 is 20.0 Å². The predicted molar refractivity (Wildman–Crippen MR) is 82.5 cm³/mol. The molecule has 0 saturated carbocycles. The van der Waals surface area contributed by atoms with Gasteiger partial charge in [-0.2, -0.15) is 0 Å². The first-order chi connectivity index (χ1) is 10.1. The molecule has 0 saturated heterocycles. The Balaban J connectivity index is 3.28. The van der Waals surface area contributed by atoms with Crippen molar-refractivity contribution in [3.05, 3.63) is 36.9 Å². The van der Waals surface area contributed by atoms with Gasteiger partial charge in [-0.15, -0.1) is 0 Å². The molecule has 1 aromatic rings. The van der Waals surface area contributed by atoms with E-state index in [9.17, 15) is 4.79 Å². The number of ether oxygens (including phenoxy) is 1. The van der Waals surface area contributed by atoms with Crippen molar-refractivity contribution in [1.29, 1.82) is 0 Å². The van der Waals surface area contributed by atoms with Crippen LogP contribution in [0.25, 0.3) is 0 Å². The molecule has 0 N–H and O–H groups in total. The zero-order valence-electron chi connectivity index (χ0n) is 12.8. The molecule has 0 unspecified atom stereocenters. The number of esters is 1. The van der Waals surface area contributed by atoms with Crippen LogP contribution in [0.5, 0.6) is 5.75 Å². The van der Waals surface area contributed by atoms with E-state index in [1.807, 2.05) is 26.8 Å². The fourth-order valence-electron chi connectivity index (χ4n) is 1.89. The van der Waals surface area contributed by atoms with Gasteiger partial charge in [0, 0.05) is 25.9 Å². The molecule has 0 aliphatic rings. The second-order valence-electron chi connectivity index (χ2n) is 3.98. The minimum atomic E-state index is -3.11. The third-order valence-electron chi connectivity index (χ3n) is 2.60. The van der Waals surface area contributed by atoms with Crippen LogP contribution < -0.4 is 9.92 Å². The molecule has 0 aliphatic carbocycles. The van der Waals surface area contributed by atoms with E-state index in [4.69, 9.17) is 18.0 Å². The molecular formula is C15H22O5Si. The lowest BCUT2D eigenvalue weighted by atomic mass is 10.3. The Labute approximate surface area is 126 Å². The summed E-state index contributed by atoms with van der Waals surface area (Å²) in [6, 6.07) is 7.10. The van der Waals surface area contributed by atoms with Crippen molar-refractivity contribution in [3.8, 4) is 5.75 Å². The molecule has 0 bridgehead atoms. The summed E-state index contributed by atoms with van der Waals surface area (Å²) in [6.07, 6.45) is 1.11. The van der Waals surface area contributed by atoms with Crippen LogP contribution in [0.2, 0.25) is 0 Å². The van der Waals surface area contributed by atoms with Crippen molar-refractivity contribution < 1.29 is 22.8 Å². The molecule has 0 heterocycles. The normalized spacial score (nSPS) is 11.2. The van der Waals surface area contributed by atoms with Gasteiger partial charge in [-0.3, -0.25) is 0 Å². The Kier molecular flexibility index (Phi) is 7.31. The number of para-hydroxylation sites is 1. The summed E-state index contributed by atoms with van der Waals surface area (Å²) >= 11 is 0. The molecule has 0 radical (unpaired) electrons. The largest absolute Gasteiger partial charge is 0.541 e. The summed E-state index contributed by atoms with van der Waals surface area (Å²) in [5, 5.41) is 0.644. The van der Waals surface area contributed by atoms with Gasteiger partial charge in [-0.25, -0.2) is 4.79 Å². The van der Waals surface area contributed by atoms with Gasteiger partial charge in [0.15, 0.2) is 0 Å². The van der Waals surface area contributed by atoms with Crippen molar-refractivity contribution in [2.45, 2.75) is 20.8 Å². The monoisotopic (exact) mass is 310 g/mol. The fourth-order valence-corrected chi connectivity index (χ4v) is 4.48. The number of benzene rings is 1. The van der Waals surface area contributed by atoms with Crippen LogP contribution in [0, 0.1) is 0 Å². The summed E-state index contributed by atoms with van der Waals surface area (Å²) in [5.41, 5.74) is 0. The van der Waals surface area contributed by atoms with E-state index < -0.39 is 14.8 Å². The van der Waals surface area contributed by atoms with E-state index >= 15 is 0 Å². The van der Waals surface area contributed by atoms with E-state index in [1.54, 1.807) is 18.2 Å². The highest BCUT2D eigenvalue weighted by atomic mass is 28.4. The number of carbonyl (C=O) groups excluding carboxylic acids is 1. The highest BCUT2D eigenvalue weighted by Gasteiger charge is 2.45. The zero-order valence-corrected chi connectivity index (χ0v) is 13.8. The Morgan fingerprint density at radius 2 is 1.62 bits per heavy atom. The van der Waals surface area contributed by atoms with Gasteiger partial charge in [0.1, 0.15) is 5.75 Å². The van der Waals surface area contributed by atoms with Gasteiger partial charge < -0.3 is 18.0 Å². The third-order valence-corrected chi connectivity index (χ3v) is 5.68. The summed E-state index contributed by atoms with van der Waals surface area (Å²) in [5.74, 6) is -0.153. The number of hydrogen-bond donors (Lipinski definition) is 0. The van der Waals surface area contributed by atoms with Gasteiger partial charge in [0.25, 0.3) is 0 Å². The Bertz CT molecular complexity index is 458. The summed E-state index contributed by atoms with van der Waals surface area (Å²) in [4.78, 5) is 11.5. The minimum absolute atomic E-state index is 0.379. The average molecular weight is 310 g/mol. The van der Waals surface area contributed by atoms with Gasteiger partial charge >= 0.3 is 14.8 Å². The number of rotatable bonds is 9. The van der Waals surface area contributed by atoms with Gasteiger partial charge in [-0.1, -0.05) is 24.8 Å². The summed E-state index contributed by atoms with van der Waals surface area (Å²) in [7, 11) is -3.11. The second-order valence-corrected chi connectivity index (χ2v) is 6.49. The quantitative estimate of drug-likeness (QED) is 0.302. The smallest absolute Gasteiger partial charge is 0.423 e. The molecule has 0 aromatic heterocycles. The highest BCUT2D eigenvalue weighted by molar-refractivity contribution is 6.76. The van der Waals surface area contributed by atoms with Crippen LogP contribution in [0.3, 0.4) is 0 Å². The third kappa shape index (κ3) is 4.50. The maximum atomic E-state index is 11.5. The molecule has 5 nitrogen and oxygen atoms in total. The lowest BCUT2D eigenvalue weighted by Gasteiger charge is -2.29. The predicted octanol–water partition coefficient (Wildman–Crippen LogP) is 2.03.